The van der Waals surface area contributed by atoms with E-state index in [9.17, 15) is 0 Å². The molecule has 5 nitrogen and oxygen atoms in total. The molecule has 0 aromatic carbocycles. The van der Waals surface area contributed by atoms with Gasteiger partial charge in [-0.15, -0.1) is 0 Å². The van der Waals surface area contributed by atoms with Crippen LogP contribution >= 0.6 is 0 Å². The molecular formula is C11H16N2O3. The molecule has 0 saturated carbocycles. The molecule has 1 aliphatic rings. The minimum absolute atomic E-state index is 0.436. The van der Waals surface area contributed by atoms with Crippen LogP contribution in [0.5, 0.6) is 11.8 Å². The van der Waals surface area contributed by atoms with Crippen molar-refractivity contribution in [3.63, 3.8) is 0 Å². The maximum Gasteiger partial charge on any atom is 0.240 e. The molecule has 0 bridgehead atoms. The Balaban J connectivity index is 1.96. The number of methoxy groups -OCH3 is 1. The maximum atomic E-state index is 5.75. The molecule has 0 amide bonds. The van der Waals surface area contributed by atoms with Crippen LogP contribution in [0.15, 0.2) is 12.1 Å². The molecule has 5 heteroatoms. The van der Waals surface area contributed by atoms with E-state index >= 15 is 0 Å². The van der Waals surface area contributed by atoms with Gasteiger partial charge in [0.25, 0.3) is 0 Å². The first-order valence-electron chi connectivity index (χ1n) is 5.30. The molecule has 1 aliphatic heterocycles. The molecule has 1 aromatic rings. The molecule has 1 unspecified atom stereocenters. The SMILES string of the molecule is COc1ccc(N)c(OCC2CCOC2)n1. The standard InChI is InChI=1S/C11H16N2O3/c1-14-10-3-2-9(12)11(13-10)16-7-8-4-5-15-6-8/h2-3,8H,4-7,12H2,1H3. The summed E-state index contributed by atoms with van der Waals surface area (Å²) in [6.07, 6.45) is 1.03. The van der Waals surface area contributed by atoms with Crippen LogP contribution in [0.4, 0.5) is 5.69 Å². The number of nitrogens with zero attached hydrogens (tertiary/aromatic N) is 1. The molecule has 1 fully saturated rings. The van der Waals surface area contributed by atoms with E-state index in [0.29, 0.717) is 30.0 Å². The Morgan fingerprint density at radius 1 is 1.56 bits per heavy atom. The van der Waals surface area contributed by atoms with E-state index in [2.05, 4.69) is 4.98 Å². The molecule has 0 aliphatic carbocycles. The molecule has 1 atom stereocenters. The highest BCUT2D eigenvalue weighted by molar-refractivity contribution is 5.49. The number of hydrogen-bond donors (Lipinski definition) is 1. The molecule has 2 heterocycles. The van der Waals surface area contributed by atoms with Crippen LogP contribution in [-0.2, 0) is 4.74 Å². The molecule has 1 saturated heterocycles. The summed E-state index contributed by atoms with van der Waals surface area (Å²) in [4.78, 5) is 4.14. The van der Waals surface area contributed by atoms with E-state index in [1.54, 1.807) is 19.2 Å². The summed E-state index contributed by atoms with van der Waals surface area (Å²) < 4.78 is 15.8. The first-order chi connectivity index (χ1) is 7.79. The highest BCUT2D eigenvalue weighted by Gasteiger charge is 2.17. The van der Waals surface area contributed by atoms with Crippen LogP contribution in [0.2, 0.25) is 0 Å². The number of ether oxygens (including phenoxy) is 3. The van der Waals surface area contributed by atoms with Crippen molar-refractivity contribution in [2.24, 2.45) is 5.92 Å². The molecule has 16 heavy (non-hydrogen) atoms. The van der Waals surface area contributed by atoms with Crippen molar-refractivity contribution in [3.8, 4) is 11.8 Å². The van der Waals surface area contributed by atoms with Gasteiger partial charge in [-0.3, -0.25) is 0 Å². The number of anilines is 1. The third kappa shape index (κ3) is 2.55. The number of pyridine rings is 1. The second-order valence-electron chi connectivity index (χ2n) is 3.79. The fraction of sp³-hybridized carbons (Fsp3) is 0.545. The molecular weight excluding hydrogens is 208 g/mol. The van der Waals surface area contributed by atoms with E-state index < -0.39 is 0 Å². The number of rotatable bonds is 4. The Morgan fingerprint density at radius 2 is 2.44 bits per heavy atom. The highest BCUT2D eigenvalue weighted by Crippen LogP contribution is 2.23. The van der Waals surface area contributed by atoms with E-state index in [1.807, 2.05) is 0 Å². The van der Waals surface area contributed by atoms with Gasteiger partial charge in [-0.05, 0) is 12.5 Å². The zero-order valence-corrected chi connectivity index (χ0v) is 9.31. The predicted octanol–water partition coefficient (Wildman–Crippen LogP) is 1.09. The van der Waals surface area contributed by atoms with Crippen molar-refractivity contribution in [1.82, 2.24) is 4.98 Å². The summed E-state index contributed by atoms with van der Waals surface area (Å²) in [6.45, 7) is 2.16. The Kier molecular flexibility index (Phi) is 3.46. The number of aromatic nitrogens is 1. The van der Waals surface area contributed by atoms with Crippen LogP contribution in [0.1, 0.15) is 6.42 Å². The lowest BCUT2D eigenvalue weighted by atomic mass is 10.1. The number of nitrogen functional groups attached to an aromatic ring is 1. The van der Waals surface area contributed by atoms with Gasteiger partial charge < -0.3 is 19.9 Å². The zero-order valence-electron chi connectivity index (χ0n) is 9.31. The monoisotopic (exact) mass is 224 g/mol. The predicted molar refractivity (Wildman–Crippen MR) is 59.6 cm³/mol. The van der Waals surface area contributed by atoms with Gasteiger partial charge in [0.05, 0.1) is 26.0 Å². The van der Waals surface area contributed by atoms with Gasteiger partial charge in [-0.25, -0.2) is 0 Å². The average molecular weight is 224 g/mol. The Hall–Kier alpha value is -1.49. The lowest BCUT2D eigenvalue weighted by Crippen LogP contribution is -2.13. The Bertz CT molecular complexity index is 351. The van der Waals surface area contributed by atoms with Crippen LogP contribution in [-0.4, -0.2) is 31.9 Å². The van der Waals surface area contributed by atoms with Crippen LogP contribution in [0.25, 0.3) is 0 Å². The minimum Gasteiger partial charge on any atom is -0.481 e. The summed E-state index contributed by atoms with van der Waals surface area (Å²) >= 11 is 0. The van der Waals surface area contributed by atoms with Crippen molar-refractivity contribution in [1.29, 1.82) is 0 Å². The second-order valence-corrected chi connectivity index (χ2v) is 3.79. The lowest BCUT2D eigenvalue weighted by Gasteiger charge is -2.11. The van der Waals surface area contributed by atoms with E-state index in [-0.39, 0.29) is 0 Å². The highest BCUT2D eigenvalue weighted by atomic mass is 16.5. The second kappa shape index (κ2) is 5.03. The van der Waals surface area contributed by atoms with Crippen LogP contribution in [0.3, 0.4) is 0 Å². The average Bonchev–Trinajstić information content (AvgIpc) is 2.81. The minimum atomic E-state index is 0.436. The largest absolute Gasteiger partial charge is 0.481 e. The smallest absolute Gasteiger partial charge is 0.240 e. The van der Waals surface area contributed by atoms with Gasteiger partial charge in [-0.2, -0.15) is 4.98 Å². The summed E-state index contributed by atoms with van der Waals surface area (Å²) in [7, 11) is 1.56. The topological polar surface area (TPSA) is 66.6 Å². The molecule has 0 radical (unpaired) electrons. The van der Waals surface area contributed by atoms with E-state index in [4.69, 9.17) is 19.9 Å². The van der Waals surface area contributed by atoms with Crippen molar-refractivity contribution in [2.75, 3.05) is 32.7 Å². The van der Waals surface area contributed by atoms with Crippen LogP contribution in [0, 0.1) is 5.92 Å². The van der Waals surface area contributed by atoms with Crippen LogP contribution < -0.4 is 15.2 Å². The van der Waals surface area contributed by atoms with Gasteiger partial charge in [-0.1, -0.05) is 0 Å². The third-order valence-electron chi connectivity index (χ3n) is 2.55. The lowest BCUT2D eigenvalue weighted by molar-refractivity contribution is 0.165. The molecule has 1 aromatic heterocycles. The summed E-state index contributed by atoms with van der Waals surface area (Å²) in [5, 5.41) is 0. The van der Waals surface area contributed by atoms with Gasteiger partial charge >= 0.3 is 0 Å². The van der Waals surface area contributed by atoms with E-state index in [1.165, 1.54) is 0 Å². The van der Waals surface area contributed by atoms with Gasteiger partial charge in [0.1, 0.15) is 0 Å². The maximum absolute atomic E-state index is 5.75. The normalized spacial score (nSPS) is 19.7. The molecule has 2 rings (SSSR count). The van der Waals surface area contributed by atoms with Crippen molar-refractivity contribution in [2.45, 2.75) is 6.42 Å². The first-order valence-corrected chi connectivity index (χ1v) is 5.30. The first kappa shape index (κ1) is 11.0. The summed E-state index contributed by atoms with van der Waals surface area (Å²) in [6, 6.07) is 3.44. The Morgan fingerprint density at radius 3 is 3.12 bits per heavy atom. The third-order valence-corrected chi connectivity index (χ3v) is 2.55. The Labute approximate surface area is 94.5 Å². The molecule has 2 N–H and O–H groups in total. The summed E-state index contributed by atoms with van der Waals surface area (Å²) in [5.74, 6) is 1.38. The fourth-order valence-corrected chi connectivity index (χ4v) is 1.58. The van der Waals surface area contributed by atoms with Crippen molar-refractivity contribution >= 4 is 5.69 Å². The number of hydrogen-bond acceptors (Lipinski definition) is 5. The molecule has 88 valence electrons. The van der Waals surface area contributed by atoms with Gasteiger partial charge in [0.15, 0.2) is 0 Å². The van der Waals surface area contributed by atoms with Gasteiger partial charge in [0.2, 0.25) is 11.8 Å². The fourth-order valence-electron chi connectivity index (χ4n) is 1.58. The quantitative estimate of drug-likeness (QED) is 0.829. The van der Waals surface area contributed by atoms with Crippen molar-refractivity contribution < 1.29 is 14.2 Å². The van der Waals surface area contributed by atoms with Crippen molar-refractivity contribution in [3.05, 3.63) is 12.1 Å². The van der Waals surface area contributed by atoms with E-state index in [0.717, 1.165) is 19.6 Å². The zero-order chi connectivity index (χ0) is 11.4. The molecule has 0 spiro atoms. The van der Waals surface area contributed by atoms with Gasteiger partial charge in [0, 0.05) is 18.6 Å². The summed E-state index contributed by atoms with van der Waals surface area (Å²) in [5.41, 5.74) is 6.28. The number of nitrogens with two attached hydrogens (primary N) is 1.